The second-order valence-electron chi connectivity index (χ2n) is 5.01. The minimum Gasteiger partial charge on any atom is -0.478 e. The van der Waals surface area contributed by atoms with Crippen LogP contribution in [0.5, 0.6) is 0 Å². The SMILES string of the molecule is COC(=O)C1=C(Nc2ccc(Br)c(Cl)c2C(=O)O)C(=O)N(CCO)C1. The van der Waals surface area contributed by atoms with E-state index < -0.39 is 17.8 Å². The Hall–Kier alpha value is -2.10. The highest BCUT2D eigenvalue weighted by Crippen LogP contribution is 2.33. The predicted molar refractivity (Wildman–Crippen MR) is 92.4 cm³/mol. The fourth-order valence-corrected chi connectivity index (χ4v) is 2.92. The number of carbonyl (C=O) groups is 3. The average molecular weight is 434 g/mol. The van der Waals surface area contributed by atoms with Gasteiger partial charge in [-0.1, -0.05) is 11.6 Å². The van der Waals surface area contributed by atoms with Crippen molar-refractivity contribution < 1.29 is 29.3 Å². The van der Waals surface area contributed by atoms with E-state index in [0.717, 1.165) is 0 Å². The van der Waals surface area contributed by atoms with Gasteiger partial charge in [-0.05, 0) is 28.1 Å². The van der Waals surface area contributed by atoms with Crippen LogP contribution in [-0.4, -0.2) is 59.8 Å². The summed E-state index contributed by atoms with van der Waals surface area (Å²) in [7, 11) is 1.17. The number of aliphatic hydroxyl groups is 1. The van der Waals surface area contributed by atoms with Gasteiger partial charge >= 0.3 is 11.9 Å². The number of esters is 1. The van der Waals surface area contributed by atoms with Gasteiger partial charge in [-0.2, -0.15) is 0 Å². The number of nitrogens with one attached hydrogen (secondary N) is 1. The topological polar surface area (TPSA) is 116 Å². The van der Waals surface area contributed by atoms with Crippen molar-refractivity contribution in [1.82, 2.24) is 4.90 Å². The summed E-state index contributed by atoms with van der Waals surface area (Å²) in [5.74, 6) is -2.58. The molecule has 1 aliphatic rings. The number of halogens is 2. The van der Waals surface area contributed by atoms with Crippen molar-refractivity contribution in [3.05, 3.63) is 38.5 Å². The number of rotatable bonds is 6. The lowest BCUT2D eigenvalue weighted by Gasteiger charge is -2.16. The van der Waals surface area contributed by atoms with E-state index in [1.54, 1.807) is 0 Å². The number of ether oxygens (including phenoxy) is 1. The van der Waals surface area contributed by atoms with Crippen LogP contribution in [-0.2, 0) is 14.3 Å². The first kappa shape index (κ1) is 19.2. The second kappa shape index (κ2) is 7.85. The number of hydrogen-bond acceptors (Lipinski definition) is 6. The molecule has 0 saturated heterocycles. The van der Waals surface area contributed by atoms with E-state index in [2.05, 4.69) is 26.0 Å². The fourth-order valence-electron chi connectivity index (χ4n) is 2.35. The zero-order valence-electron chi connectivity index (χ0n) is 13.0. The van der Waals surface area contributed by atoms with Crippen LogP contribution in [0.3, 0.4) is 0 Å². The molecule has 1 aromatic carbocycles. The summed E-state index contributed by atoms with van der Waals surface area (Å²) in [6.07, 6.45) is 0. The molecular weight excluding hydrogens is 420 g/mol. The Balaban J connectivity index is 2.49. The van der Waals surface area contributed by atoms with E-state index in [9.17, 15) is 19.5 Å². The summed E-state index contributed by atoms with van der Waals surface area (Å²) in [5, 5.41) is 21.1. The molecule has 1 heterocycles. The standard InChI is InChI=1S/C15H14BrClN2O6/c1-25-15(24)7-6-19(4-5-20)13(21)12(7)18-9-3-2-8(16)11(17)10(9)14(22)23/h2-3,18,20H,4-6H2,1H3,(H,22,23). The highest BCUT2D eigenvalue weighted by molar-refractivity contribution is 9.10. The Morgan fingerprint density at radius 2 is 2.12 bits per heavy atom. The first-order chi connectivity index (χ1) is 11.8. The maximum Gasteiger partial charge on any atom is 0.339 e. The summed E-state index contributed by atoms with van der Waals surface area (Å²) < 4.78 is 5.04. The van der Waals surface area contributed by atoms with Crippen molar-refractivity contribution in [1.29, 1.82) is 0 Å². The van der Waals surface area contributed by atoms with E-state index in [4.69, 9.17) is 16.7 Å². The lowest BCUT2D eigenvalue weighted by molar-refractivity contribution is -0.136. The van der Waals surface area contributed by atoms with E-state index in [0.29, 0.717) is 4.47 Å². The number of anilines is 1. The number of methoxy groups -OCH3 is 1. The Morgan fingerprint density at radius 1 is 1.44 bits per heavy atom. The zero-order chi connectivity index (χ0) is 18.7. The van der Waals surface area contributed by atoms with Gasteiger partial charge in [-0.15, -0.1) is 0 Å². The van der Waals surface area contributed by atoms with Crippen LogP contribution in [0.15, 0.2) is 27.9 Å². The van der Waals surface area contributed by atoms with Crippen molar-refractivity contribution in [2.24, 2.45) is 0 Å². The number of aliphatic hydroxyl groups excluding tert-OH is 1. The van der Waals surface area contributed by atoms with E-state index in [-0.39, 0.29) is 47.2 Å². The third kappa shape index (κ3) is 3.78. The molecule has 0 bridgehead atoms. The molecule has 10 heteroatoms. The van der Waals surface area contributed by atoms with Gasteiger partial charge in [0.15, 0.2) is 0 Å². The summed E-state index contributed by atoms with van der Waals surface area (Å²) in [6.45, 7) is -0.309. The Labute approximate surface area is 156 Å². The first-order valence-corrected chi connectivity index (χ1v) is 8.18. The van der Waals surface area contributed by atoms with Crippen molar-refractivity contribution in [2.75, 3.05) is 32.1 Å². The van der Waals surface area contributed by atoms with Gasteiger partial charge in [-0.25, -0.2) is 9.59 Å². The number of aromatic carboxylic acids is 1. The van der Waals surface area contributed by atoms with E-state index in [1.165, 1.54) is 24.1 Å². The lowest BCUT2D eigenvalue weighted by atomic mass is 10.1. The smallest absolute Gasteiger partial charge is 0.339 e. The third-order valence-electron chi connectivity index (χ3n) is 3.52. The molecule has 0 radical (unpaired) electrons. The molecular formula is C15H14BrClN2O6. The van der Waals surface area contributed by atoms with Crippen LogP contribution in [0.4, 0.5) is 5.69 Å². The molecule has 3 N–H and O–H groups in total. The Kier molecular flexibility index (Phi) is 6.04. The van der Waals surface area contributed by atoms with Gasteiger partial charge in [0.25, 0.3) is 5.91 Å². The van der Waals surface area contributed by atoms with Crippen molar-refractivity contribution in [3.63, 3.8) is 0 Å². The van der Waals surface area contributed by atoms with Gasteiger partial charge < -0.3 is 25.2 Å². The van der Waals surface area contributed by atoms with Gasteiger partial charge in [0.2, 0.25) is 0 Å². The second-order valence-corrected chi connectivity index (χ2v) is 6.24. The van der Waals surface area contributed by atoms with Gasteiger partial charge in [0.05, 0.1) is 36.5 Å². The van der Waals surface area contributed by atoms with E-state index >= 15 is 0 Å². The molecule has 25 heavy (non-hydrogen) atoms. The summed E-state index contributed by atoms with van der Waals surface area (Å²) >= 11 is 9.15. The molecule has 0 saturated carbocycles. The average Bonchev–Trinajstić information content (AvgIpc) is 2.87. The number of β-amino-alcohol motifs (C(OH)–C–C–N with tert-alkyl or cyclic N) is 1. The predicted octanol–water partition coefficient (Wildman–Crippen LogP) is 1.47. The largest absolute Gasteiger partial charge is 0.478 e. The highest BCUT2D eigenvalue weighted by Gasteiger charge is 2.35. The minimum absolute atomic E-state index is 0.0252. The minimum atomic E-state index is -1.30. The van der Waals surface area contributed by atoms with Crippen LogP contribution in [0, 0.1) is 0 Å². The molecule has 1 aromatic rings. The number of carboxylic acid groups (broad SMARTS) is 1. The van der Waals surface area contributed by atoms with Crippen molar-refractivity contribution in [3.8, 4) is 0 Å². The van der Waals surface area contributed by atoms with Crippen LogP contribution >= 0.6 is 27.5 Å². The first-order valence-electron chi connectivity index (χ1n) is 7.01. The monoisotopic (exact) mass is 432 g/mol. The summed E-state index contributed by atoms with van der Waals surface area (Å²) in [5.41, 5.74) is -0.269. The van der Waals surface area contributed by atoms with E-state index in [1.807, 2.05) is 0 Å². The van der Waals surface area contributed by atoms with Gasteiger partial charge in [0.1, 0.15) is 11.3 Å². The molecule has 1 aliphatic heterocycles. The third-order valence-corrected chi connectivity index (χ3v) is 4.80. The number of hydrogen-bond donors (Lipinski definition) is 3. The molecule has 0 spiro atoms. The molecule has 0 unspecified atom stereocenters. The number of benzene rings is 1. The molecule has 8 nitrogen and oxygen atoms in total. The van der Waals surface area contributed by atoms with Crippen LogP contribution in [0.1, 0.15) is 10.4 Å². The Morgan fingerprint density at radius 3 is 2.68 bits per heavy atom. The number of nitrogens with zero attached hydrogens (tertiary/aromatic N) is 1. The highest BCUT2D eigenvalue weighted by atomic mass is 79.9. The lowest BCUT2D eigenvalue weighted by Crippen LogP contribution is -2.31. The van der Waals surface area contributed by atoms with Gasteiger partial charge in [-0.3, -0.25) is 4.79 Å². The molecule has 134 valence electrons. The van der Waals surface area contributed by atoms with Gasteiger partial charge in [0, 0.05) is 11.0 Å². The number of amides is 1. The maximum atomic E-state index is 12.5. The van der Waals surface area contributed by atoms with Crippen LogP contribution in [0.2, 0.25) is 5.02 Å². The molecule has 0 aliphatic carbocycles. The molecule has 0 aromatic heterocycles. The molecule has 1 amide bonds. The summed E-state index contributed by atoms with van der Waals surface area (Å²) in [6, 6.07) is 2.93. The molecule has 0 fully saturated rings. The molecule has 2 rings (SSSR count). The zero-order valence-corrected chi connectivity index (χ0v) is 15.3. The Bertz CT molecular complexity index is 780. The fraction of sp³-hybridized carbons (Fsp3) is 0.267. The van der Waals surface area contributed by atoms with Crippen LogP contribution < -0.4 is 5.32 Å². The summed E-state index contributed by atoms with van der Waals surface area (Å²) in [4.78, 5) is 37.2. The van der Waals surface area contributed by atoms with Crippen molar-refractivity contribution in [2.45, 2.75) is 0 Å². The quantitative estimate of drug-likeness (QED) is 0.582. The molecule has 0 atom stereocenters. The van der Waals surface area contributed by atoms with Crippen molar-refractivity contribution >= 4 is 51.1 Å². The normalized spacial score (nSPS) is 14.1. The maximum absolute atomic E-state index is 12.5. The number of carbonyl (C=O) groups excluding carboxylic acids is 2. The number of carboxylic acids is 1. The van der Waals surface area contributed by atoms with Crippen LogP contribution in [0.25, 0.3) is 0 Å².